The van der Waals surface area contributed by atoms with Crippen molar-refractivity contribution in [3.05, 3.63) is 90.0 Å². The van der Waals surface area contributed by atoms with E-state index in [1.165, 1.54) is 9.80 Å². The lowest BCUT2D eigenvalue weighted by atomic mass is 9.70. The number of ether oxygens (including phenoxy) is 2. The molecule has 3 amide bonds. The molecule has 3 aliphatic rings. The minimum absolute atomic E-state index is 0.0373. The molecule has 11 heteroatoms. The number of hydrogen-bond donors (Lipinski definition) is 2. The highest BCUT2D eigenvalue weighted by Crippen LogP contribution is 2.59. The van der Waals surface area contributed by atoms with Crippen LogP contribution in [0.2, 0.25) is 5.02 Å². The Kier molecular flexibility index (Phi) is 11.9. The van der Waals surface area contributed by atoms with Gasteiger partial charge in [-0.05, 0) is 55.7 Å². The number of aliphatic hydroxyl groups is 1. The van der Waals surface area contributed by atoms with Crippen molar-refractivity contribution in [2.45, 2.75) is 82.8 Å². The summed E-state index contributed by atoms with van der Waals surface area (Å²) in [5, 5.41) is 13.9. The standard InChI is InChI=1S/C39H48ClN3O7/c1-6-8-17-31(45)41-22-30(26-14-10-9-11-15-26)49-38(48)32-29-18-19-39(50-29)33(32)36(46)43(27(23-44)21-24(3)4)35(39)37(47)42(20-7-2)34-25(5)13-12-16-28(34)40/h6-7,9-16,24,27,29-30,32-33,35,44H,1-2,8,17-23H2,3-5H3,(H,41,45)/t27-,29+,30-,32-,33-,35+,39-/m1/s1. The molecule has 7 atom stereocenters. The predicted octanol–water partition coefficient (Wildman–Crippen LogP) is 5.32. The van der Waals surface area contributed by atoms with Gasteiger partial charge in [-0.2, -0.15) is 0 Å². The molecule has 3 heterocycles. The number of amides is 3. The molecule has 10 nitrogen and oxygen atoms in total. The average Bonchev–Trinajstić information content (AvgIpc) is 3.74. The van der Waals surface area contributed by atoms with Crippen molar-refractivity contribution in [2.24, 2.45) is 17.8 Å². The smallest absolute Gasteiger partial charge is 0.313 e. The minimum atomic E-state index is -1.33. The molecule has 0 saturated carbocycles. The van der Waals surface area contributed by atoms with E-state index in [1.807, 2.05) is 57.2 Å². The van der Waals surface area contributed by atoms with Gasteiger partial charge in [-0.15, -0.1) is 13.2 Å². The number of anilines is 1. The van der Waals surface area contributed by atoms with E-state index in [4.69, 9.17) is 21.1 Å². The van der Waals surface area contributed by atoms with Crippen molar-refractivity contribution in [2.75, 3.05) is 24.6 Å². The first-order valence-corrected chi connectivity index (χ1v) is 17.8. The van der Waals surface area contributed by atoms with E-state index in [-0.39, 0.29) is 37.9 Å². The highest BCUT2D eigenvalue weighted by Gasteiger charge is 2.75. The molecule has 2 N–H and O–H groups in total. The average molecular weight is 706 g/mol. The first-order chi connectivity index (χ1) is 24.0. The predicted molar refractivity (Wildman–Crippen MR) is 191 cm³/mol. The van der Waals surface area contributed by atoms with Gasteiger partial charge in [0.05, 0.1) is 47.8 Å². The van der Waals surface area contributed by atoms with E-state index in [2.05, 4.69) is 18.5 Å². The number of aryl methyl sites for hydroxylation is 1. The van der Waals surface area contributed by atoms with Crippen LogP contribution in [-0.2, 0) is 28.7 Å². The fourth-order valence-electron chi connectivity index (χ4n) is 8.03. The van der Waals surface area contributed by atoms with E-state index in [0.29, 0.717) is 42.0 Å². The number of fused-ring (bicyclic) bond motifs is 1. The summed E-state index contributed by atoms with van der Waals surface area (Å²) in [6.07, 6.45) is 3.79. The number of halogens is 1. The summed E-state index contributed by atoms with van der Waals surface area (Å²) in [5.41, 5.74) is 0.617. The lowest BCUT2D eigenvalue weighted by Gasteiger charge is -2.40. The molecule has 0 aliphatic carbocycles. The maximum atomic E-state index is 15.0. The van der Waals surface area contributed by atoms with Crippen LogP contribution >= 0.6 is 11.6 Å². The lowest BCUT2D eigenvalue weighted by molar-refractivity contribution is -0.161. The number of carbonyl (C=O) groups is 4. The van der Waals surface area contributed by atoms with E-state index >= 15 is 0 Å². The largest absolute Gasteiger partial charge is 0.455 e. The van der Waals surface area contributed by atoms with Crippen molar-refractivity contribution >= 4 is 41.0 Å². The minimum Gasteiger partial charge on any atom is -0.455 e. The van der Waals surface area contributed by atoms with Crippen LogP contribution in [0.5, 0.6) is 0 Å². The molecule has 50 heavy (non-hydrogen) atoms. The number of nitrogens with one attached hydrogen (secondary N) is 1. The van der Waals surface area contributed by atoms with Crippen LogP contribution in [0.3, 0.4) is 0 Å². The van der Waals surface area contributed by atoms with Gasteiger partial charge < -0.3 is 29.7 Å². The molecule has 1 spiro atoms. The number of para-hydroxylation sites is 1. The van der Waals surface area contributed by atoms with E-state index in [9.17, 15) is 24.3 Å². The van der Waals surface area contributed by atoms with Gasteiger partial charge in [-0.3, -0.25) is 19.2 Å². The number of esters is 1. The molecule has 268 valence electrons. The Morgan fingerprint density at radius 2 is 1.90 bits per heavy atom. The van der Waals surface area contributed by atoms with Gasteiger partial charge >= 0.3 is 5.97 Å². The van der Waals surface area contributed by atoms with Crippen molar-refractivity contribution in [3.63, 3.8) is 0 Å². The fourth-order valence-corrected chi connectivity index (χ4v) is 8.35. The van der Waals surface area contributed by atoms with Crippen molar-refractivity contribution in [3.8, 4) is 0 Å². The van der Waals surface area contributed by atoms with Crippen LogP contribution < -0.4 is 10.2 Å². The molecule has 3 saturated heterocycles. The first kappa shape index (κ1) is 37.3. The lowest BCUT2D eigenvalue weighted by Crippen LogP contribution is -2.59. The number of rotatable bonds is 16. The zero-order valence-corrected chi connectivity index (χ0v) is 29.8. The summed E-state index contributed by atoms with van der Waals surface area (Å²) < 4.78 is 12.8. The Balaban J connectivity index is 1.52. The second-order valence-corrected chi connectivity index (χ2v) is 14.3. The zero-order valence-electron chi connectivity index (χ0n) is 29.1. The number of benzene rings is 2. The monoisotopic (exact) mass is 705 g/mol. The van der Waals surface area contributed by atoms with Gasteiger partial charge in [0.1, 0.15) is 17.7 Å². The number of allylic oxidation sites excluding steroid dienone is 1. The number of hydrogen-bond acceptors (Lipinski definition) is 7. The highest BCUT2D eigenvalue weighted by atomic mass is 35.5. The molecule has 3 aliphatic heterocycles. The van der Waals surface area contributed by atoms with Gasteiger partial charge in [0.25, 0.3) is 5.91 Å². The van der Waals surface area contributed by atoms with Crippen molar-refractivity contribution < 1.29 is 33.8 Å². The van der Waals surface area contributed by atoms with Crippen molar-refractivity contribution in [1.29, 1.82) is 0 Å². The third-order valence-corrected chi connectivity index (χ3v) is 10.4. The maximum absolute atomic E-state index is 15.0. The van der Waals surface area contributed by atoms with Gasteiger partial charge in [-0.25, -0.2) is 0 Å². The van der Waals surface area contributed by atoms with E-state index in [1.54, 1.807) is 24.3 Å². The number of aliphatic hydroxyl groups excluding tert-OH is 1. The second kappa shape index (κ2) is 15.9. The summed E-state index contributed by atoms with van der Waals surface area (Å²) in [6, 6.07) is 12.6. The summed E-state index contributed by atoms with van der Waals surface area (Å²) in [4.78, 5) is 59.5. The van der Waals surface area contributed by atoms with Gasteiger partial charge in [-0.1, -0.05) is 80.1 Å². The Morgan fingerprint density at radius 1 is 1.16 bits per heavy atom. The van der Waals surface area contributed by atoms with Gasteiger partial charge in [0, 0.05) is 13.0 Å². The van der Waals surface area contributed by atoms with Gasteiger partial charge in [0.15, 0.2) is 0 Å². The van der Waals surface area contributed by atoms with Crippen LogP contribution in [-0.4, -0.2) is 77.2 Å². The summed E-state index contributed by atoms with van der Waals surface area (Å²) in [6.45, 7) is 13.1. The van der Waals surface area contributed by atoms with E-state index < -0.39 is 59.5 Å². The summed E-state index contributed by atoms with van der Waals surface area (Å²) in [5.74, 6) is -3.59. The Bertz CT molecular complexity index is 1580. The number of carbonyl (C=O) groups excluding carboxylic acids is 4. The molecule has 2 bridgehead atoms. The van der Waals surface area contributed by atoms with Crippen LogP contribution in [0.15, 0.2) is 73.8 Å². The van der Waals surface area contributed by atoms with Gasteiger partial charge in [0.2, 0.25) is 11.8 Å². The molecule has 0 aromatic heterocycles. The summed E-state index contributed by atoms with van der Waals surface area (Å²) >= 11 is 6.68. The maximum Gasteiger partial charge on any atom is 0.313 e. The Hall–Kier alpha value is -3.99. The fraction of sp³-hybridized carbons (Fsp3) is 0.487. The quantitative estimate of drug-likeness (QED) is 0.179. The van der Waals surface area contributed by atoms with Crippen LogP contribution in [0, 0.1) is 24.7 Å². The molecule has 0 radical (unpaired) electrons. The van der Waals surface area contributed by atoms with Crippen LogP contribution in [0.1, 0.15) is 63.2 Å². The molecule has 2 aromatic rings. The molecule has 3 fully saturated rings. The first-order valence-electron chi connectivity index (χ1n) is 17.4. The highest BCUT2D eigenvalue weighted by molar-refractivity contribution is 6.34. The van der Waals surface area contributed by atoms with Crippen LogP contribution in [0.4, 0.5) is 5.69 Å². The Morgan fingerprint density at radius 3 is 2.54 bits per heavy atom. The zero-order chi connectivity index (χ0) is 36.2. The SMILES string of the molecule is C=CCCC(=O)NC[C@@H](OC(=O)[C@@H]1[C@@H]2CC[C@]3(O2)[C@H](C(=O)N(CC=C)c2c(C)cccc2Cl)N([C@@H](CO)CC(C)C)C(=O)[C@@H]13)c1ccccc1. The molecule has 2 aromatic carbocycles. The molecule has 5 rings (SSSR count). The number of nitrogens with zero attached hydrogens (tertiary/aromatic N) is 2. The Labute approximate surface area is 299 Å². The molecular weight excluding hydrogens is 658 g/mol. The normalized spacial score (nSPS) is 24.8. The van der Waals surface area contributed by atoms with Crippen molar-refractivity contribution in [1.82, 2.24) is 10.2 Å². The molecule has 0 unspecified atom stereocenters. The topological polar surface area (TPSA) is 125 Å². The number of likely N-dealkylation sites (tertiary alicyclic amines) is 1. The third kappa shape index (κ3) is 7.11. The summed E-state index contributed by atoms with van der Waals surface area (Å²) in [7, 11) is 0. The third-order valence-electron chi connectivity index (χ3n) is 10.1. The van der Waals surface area contributed by atoms with Crippen LogP contribution in [0.25, 0.3) is 0 Å². The van der Waals surface area contributed by atoms with E-state index in [0.717, 1.165) is 5.56 Å². The second-order valence-electron chi connectivity index (χ2n) is 13.9. The molecular formula is C39H48ClN3O7.